The highest BCUT2D eigenvalue weighted by atomic mass is 19.1. The first-order valence-corrected chi connectivity index (χ1v) is 9.67. The van der Waals surface area contributed by atoms with Gasteiger partial charge in [0, 0.05) is 6.04 Å². The van der Waals surface area contributed by atoms with Crippen molar-refractivity contribution in [1.82, 2.24) is 24.1 Å². The molecule has 1 saturated carbocycles. The van der Waals surface area contributed by atoms with Gasteiger partial charge in [-0.25, -0.2) is 9.37 Å². The van der Waals surface area contributed by atoms with Gasteiger partial charge in [-0.05, 0) is 51.7 Å². The average Bonchev–Trinajstić information content (AvgIpc) is 3.41. The highest BCUT2D eigenvalue weighted by Gasteiger charge is 2.39. The molecule has 0 aliphatic heterocycles. The molecule has 0 saturated heterocycles. The number of fused-ring (bicyclic) bond motifs is 3. The molecule has 9 heteroatoms. The Balaban J connectivity index is 1.78. The quantitative estimate of drug-likeness (QED) is 0.570. The molecular weight excluding hydrogens is 377 g/mol. The highest BCUT2D eigenvalue weighted by Crippen LogP contribution is 2.38. The van der Waals surface area contributed by atoms with Crippen LogP contribution in [0.15, 0.2) is 33.8 Å². The van der Waals surface area contributed by atoms with Crippen molar-refractivity contribution in [3.8, 4) is 11.5 Å². The maximum atomic E-state index is 14.6. The number of nitrogens with zero attached hydrogens (tertiary/aromatic N) is 5. The molecule has 0 unspecified atom stereocenters. The van der Waals surface area contributed by atoms with Crippen LogP contribution in [-0.4, -0.2) is 29.2 Å². The molecule has 0 atom stereocenters. The molecule has 29 heavy (non-hydrogen) atoms. The van der Waals surface area contributed by atoms with E-state index in [2.05, 4.69) is 15.1 Å². The van der Waals surface area contributed by atoms with Crippen molar-refractivity contribution in [1.29, 1.82) is 0 Å². The standard InChI is InChI=1S/C20H20FN5O3/c1-11(2)26-15-12(21)6-5-7-13(15)25-10-22-14(16(25)18(26)27)17-23-19(29-24-17)20(28)8-3-4-9-20/h5-7,10-11,28H,3-4,8-9H2,1-2H3. The van der Waals surface area contributed by atoms with E-state index in [4.69, 9.17) is 4.52 Å². The Kier molecular flexibility index (Phi) is 3.86. The van der Waals surface area contributed by atoms with Crippen LogP contribution in [-0.2, 0) is 5.60 Å². The summed E-state index contributed by atoms with van der Waals surface area (Å²) in [7, 11) is 0. The van der Waals surface area contributed by atoms with E-state index in [9.17, 15) is 14.3 Å². The molecule has 3 heterocycles. The Morgan fingerprint density at radius 3 is 2.72 bits per heavy atom. The molecule has 1 N–H and O–H groups in total. The first-order chi connectivity index (χ1) is 13.9. The van der Waals surface area contributed by atoms with Crippen molar-refractivity contribution in [2.75, 3.05) is 0 Å². The largest absolute Gasteiger partial charge is 0.380 e. The maximum absolute atomic E-state index is 14.6. The van der Waals surface area contributed by atoms with E-state index in [1.807, 2.05) is 13.8 Å². The number of aromatic nitrogens is 5. The summed E-state index contributed by atoms with van der Waals surface area (Å²) in [6, 6.07) is 4.39. The topological polar surface area (TPSA) is 98.5 Å². The summed E-state index contributed by atoms with van der Waals surface area (Å²) < 4.78 is 22.9. The Hall–Kier alpha value is -3.07. The van der Waals surface area contributed by atoms with Crippen molar-refractivity contribution >= 4 is 16.6 Å². The van der Waals surface area contributed by atoms with E-state index < -0.39 is 17.0 Å². The van der Waals surface area contributed by atoms with Gasteiger partial charge in [-0.3, -0.25) is 13.8 Å². The first-order valence-electron chi connectivity index (χ1n) is 9.67. The summed E-state index contributed by atoms with van der Waals surface area (Å²) in [6.07, 6.45) is 4.35. The summed E-state index contributed by atoms with van der Waals surface area (Å²) in [6.45, 7) is 3.64. The molecule has 0 radical (unpaired) electrons. The van der Waals surface area contributed by atoms with Crippen LogP contribution in [0.3, 0.4) is 0 Å². The normalized spacial score (nSPS) is 16.4. The third-order valence-electron chi connectivity index (χ3n) is 5.64. The zero-order valence-electron chi connectivity index (χ0n) is 16.1. The van der Waals surface area contributed by atoms with Crippen molar-refractivity contribution in [2.45, 2.75) is 51.2 Å². The van der Waals surface area contributed by atoms with Gasteiger partial charge in [0.05, 0.1) is 5.52 Å². The third kappa shape index (κ3) is 2.53. The number of rotatable bonds is 3. The van der Waals surface area contributed by atoms with Crippen LogP contribution in [0.4, 0.5) is 4.39 Å². The molecular formula is C20H20FN5O3. The molecule has 0 bridgehead atoms. The van der Waals surface area contributed by atoms with E-state index >= 15 is 0 Å². The van der Waals surface area contributed by atoms with Crippen LogP contribution >= 0.6 is 0 Å². The number of aliphatic hydroxyl groups is 1. The van der Waals surface area contributed by atoms with E-state index in [0.29, 0.717) is 18.4 Å². The molecule has 4 aromatic rings. The highest BCUT2D eigenvalue weighted by molar-refractivity contribution is 5.84. The molecule has 1 aliphatic carbocycles. The second kappa shape index (κ2) is 6.21. The minimum Gasteiger partial charge on any atom is -0.380 e. The molecule has 1 aliphatic rings. The number of para-hydroxylation sites is 1. The number of hydrogen-bond acceptors (Lipinski definition) is 6. The van der Waals surface area contributed by atoms with Gasteiger partial charge in [0.1, 0.15) is 34.5 Å². The summed E-state index contributed by atoms with van der Waals surface area (Å²) in [5.74, 6) is -0.205. The van der Waals surface area contributed by atoms with Crippen molar-refractivity contribution in [2.24, 2.45) is 0 Å². The van der Waals surface area contributed by atoms with Gasteiger partial charge in [-0.1, -0.05) is 11.2 Å². The Morgan fingerprint density at radius 2 is 2.00 bits per heavy atom. The molecule has 8 nitrogen and oxygen atoms in total. The van der Waals surface area contributed by atoms with Crippen molar-refractivity contribution < 1.29 is 14.0 Å². The fourth-order valence-corrected chi connectivity index (χ4v) is 4.23. The Bertz CT molecular complexity index is 1300. The number of halogens is 1. The van der Waals surface area contributed by atoms with Crippen LogP contribution in [0.5, 0.6) is 0 Å². The van der Waals surface area contributed by atoms with Crippen molar-refractivity contribution in [3.05, 3.63) is 46.6 Å². The molecule has 1 aromatic carbocycles. The Labute approximate surface area is 164 Å². The second-order valence-electron chi connectivity index (χ2n) is 7.85. The number of benzene rings is 1. The summed E-state index contributed by atoms with van der Waals surface area (Å²) in [4.78, 5) is 22.0. The zero-order valence-corrected chi connectivity index (χ0v) is 16.1. The predicted octanol–water partition coefficient (Wildman–Crippen LogP) is 3.18. The van der Waals surface area contributed by atoms with Gasteiger partial charge in [0.2, 0.25) is 5.82 Å². The van der Waals surface area contributed by atoms with Crippen molar-refractivity contribution in [3.63, 3.8) is 0 Å². The van der Waals surface area contributed by atoms with Gasteiger partial charge in [-0.2, -0.15) is 4.98 Å². The molecule has 3 aromatic heterocycles. The zero-order chi connectivity index (χ0) is 20.3. The smallest absolute Gasteiger partial charge is 0.278 e. The fraction of sp³-hybridized carbons (Fsp3) is 0.400. The average molecular weight is 397 g/mol. The lowest BCUT2D eigenvalue weighted by Gasteiger charge is -2.16. The maximum Gasteiger partial charge on any atom is 0.278 e. The van der Waals surface area contributed by atoms with E-state index in [0.717, 1.165) is 12.8 Å². The minimum absolute atomic E-state index is 0.131. The minimum atomic E-state index is -1.13. The second-order valence-corrected chi connectivity index (χ2v) is 7.85. The number of imidazole rings is 1. The van der Waals surface area contributed by atoms with Crippen LogP contribution in [0.25, 0.3) is 28.1 Å². The first kappa shape index (κ1) is 18.0. The van der Waals surface area contributed by atoms with Crippen LogP contribution in [0, 0.1) is 5.82 Å². The van der Waals surface area contributed by atoms with E-state index in [1.165, 1.54) is 17.0 Å². The van der Waals surface area contributed by atoms with Gasteiger partial charge < -0.3 is 9.63 Å². The van der Waals surface area contributed by atoms with Crippen LogP contribution < -0.4 is 5.56 Å². The SMILES string of the molecule is CC(C)n1c(=O)c2c(-c3noc(C4(O)CCCC4)n3)ncn2c2cccc(F)c21. The summed E-state index contributed by atoms with van der Waals surface area (Å²) in [5, 5.41) is 14.7. The van der Waals surface area contributed by atoms with Gasteiger partial charge in [-0.15, -0.1) is 0 Å². The van der Waals surface area contributed by atoms with Crippen LogP contribution in [0.1, 0.15) is 51.5 Å². The molecule has 5 rings (SSSR count). The van der Waals surface area contributed by atoms with Gasteiger partial charge in [0.15, 0.2) is 0 Å². The lowest BCUT2D eigenvalue weighted by molar-refractivity contribution is 0.0112. The van der Waals surface area contributed by atoms with Gasteiger partial charge >= 0.3 is 0 Å². The molecule has 0 spiro atoms. The summed E-state index contributed by atoms with van der Waals surface area (Å²) in [5.41, 5.74) is -0.302. The molecule has 150 valence electrons. The third-order valence-corrected chi connectivity index (χ3v) is 5.64. The van der Waals surface area contributed by atoms with Gasteiger partial charge in [0.25, 0.3) is 11.4 Å². The fourth-order valence-electron chi connectivity index (χ4n) is 4.23. The number of hydrogen-bond donors (Lipinski definition) is 1. The predicted molar refractivity (Wildman–Crippen MR) is 103 cm³/mol. The summed E-state index contributed by atoms with van der Waals surface area (Å²) >= 11 is 0. The lowest BCUT2D eigenvalue weighted by Crippen LogP contribution is -2.25. The lowest BCUT2D eigenvalue weighted by atomic mass is 10.0. The monoisotopic (exact) mass is 397 g/mol. The van der Waals surface area contributed by atoms with E-state index in [1.54, 1.807) is 16.5 Å². The van der Waals surface area contributed by atoms with E-state index in [-0.39, 0.29) is 34.5 Å². The van der Waals surface area contributed by atoms with Crippen LogP contribution in [0.2, 0.25) is 0 Å². The Morgan fingerprint density at radius 1 is 1.24 bits per heavy atom. The molecule has 1 fully saturated rings. The molecule has 0 amide bonds.